The Morgan fingerprint density at radius 3 is 2.34 bits per heavy atom. The maximum atomic E-state index is 12.6. The van der Waals surface area contributed by atoms with Gasteiger partial charge in [0.1, 0.15) is 0 Å². The first-order valence-electron chi connectivity index (χ1n) is 10.0. The Morgan fingerprint density at radius 2 is 1.75 bits per heavy atom. The molecule has 1 N–H and O–H groups in total. The number of halogens is 3. The van der Waals surface area contributed by atoms with Crippen molar-refractivity contribution in [2.75, 3.05) is 37.7 Å². The predicted octanol–water partition coefficient (Wildman–Crippen LogP) is 2.74. The van der Waals surface area contributed by atoms with Crippen molar-refractivity contribution in [2.24, 2.45) is 0 Å². The molecule has 1 aliphatic heterocycles. The van der Waals surface area contributed by atoms with Gasteiger partial charge in [-0.1, -0.05) is 47.6 Å². The Labute approximate surface area is 182 Å². The van der Waals surface area contributed by atoms with E-state index in [1.54, 1.807) is 0 Å². The molecule has 8 nitrogen and oxygen atoms in total. The van der Waals surface area contributed by atoms with Gasteiger partial charge in [0, 0.05) is 38.6 Å². The van der Waals surface area contributed by atoms with Crippen molar-refractivity contribution in [1.29, 1.82) is 0 Å². The lowest BCUT2D eigenvalue weighted by Gasteiger charge is -2.37. The first-order chi connectivity index (χ1) is 15.4. The minimum atomic E-state index is -4.70. The minimum Gasteiger partial charge on any atom is -0.394 e. The number of benzene rings is 1. The van der Waals surface area contributed by atoms with Crippen LogP contribution >= 0.6 is 0 Å². The Hall–Kier alpha value is -3.31. The summed E-state index contributed by atoms with van der Waals surface area (Å²) in [5.74, 6) is -1.16. The van der Waals surface area contributed by atoms with E-state index in [9.17, 15) is 18.3 Å². The number of hydrogen-bond donors (Lipinski definition) is 1. The molecule has 4 rings (SSSR count). The molecule has 0 aliphatic carbocycles. The molecule has 1 unspecified atom stereocenters. The van der Waals surface area contributed by atoms with Gasteiger partial charge in [-0.25, -0.2) is 9.97 Å². The first kappa shape index (κ1) is 21.9. The minimum absolute atomic E-state index is 0.0130. The van der Waals surface area contributed by atoms with Gasteiger partial charge in [0.05, 0.1) is 18.2 Å². The van der Waals surface area contributed by atoms with Gasteiger partial charge >= 0.3 is 12.1 Å². The number of piperazine rings is 1. The van der Waals surface area contributed by atoms with Crippen molar-refractivity contribution >= 4 is 12.0 Å². The summed E-state index contributed by atoms with van der Waals surface area (Å²) in [6.07, 6.45) is 2.04. The Morgan fingerprint density at radius 1 is 1.06 bits per heavy atom. The van der Waals surface area contributed by atoms with Gasteiger partial charge in [-0.15, -0.1) is 0 Å². The van der Waals surface area contributed by atoms with Gasteiger partial charge in [0.2, 0.25) is 11.8 Å². The molecule has 0 bridgehead atoms. The van der Waals surface area contributed by atoms with Crippen LogP contribution in [0, 0.1) is 0 Å². The lowest BCUT2D eigenvalue weighted by Crippen LogP contribution is -2.51. The number of anilines is 1. The summed E-state index contributed by atoms with van der Waals surface area (Å²) in [5.41, 5.74) is 1.31. The van der Waals surface area contributed by atoms with E-state index in [0.717, 1.165) is 5.56 Å². The second kappa shape index (κ2) is 9.45. The number of hydrogen-bond acceptors (Lipinski definition) is 8. The van der Waals surface area contributed by atoms with E-state index in [0.29, 0.717) is 32.1 Å². The number of nitrogens with zero attached hydrogens (tertiary/aromatic N) is 6. The highest BCUT2D eigenvalue weighted by Gasteiger charge is 2.38. The van der Waals surface area contributed by atoms with Crippen molar-refractivity contribution in [3.8, 4) is 11.4 Å². The normalized spacial score (nSPS) is 16.6. The summed E-state index contributed by atoms with van der Waals surface area (Å²) in [6, 6.07) is 9.79. The molecule has 3 heterocycles. The summed E-state index contributed by atoms with van der Waals surface area (Å²) in [4.78, 5) is 16.0. The second-order valence-electron chi connectivity index (χ2n) is 7.24. The zero-order valence-electron chi connectivity index (χ0n) is 17.0. The summed E-state index contributed by atoms with van der Waals surface area (Å²) in [6.45, 7) is 2.72. The fourth-order valence-electron chi connectivity index (χ4n) is 3.39. The molecular weight excluding hydrogens is 425 g/mol. The average Bonchev–Trinajstić information content (AvgIpc) is 3.32. The lowest BCUT2D eigenvalue weighted by atomic mass is 10.1. The maximum absolute atomic E-state index is 12.6. The summed E-state index contributed by atoms with van der Waals surface area (Å²) < 4.78 is 42.1. The predicted molar refractivity (Wildman–Crippen MR) is 110 cm³/mol. The van der Waals surface area contributed by atoms with Gasteiger partial charge < -0.3 is 14.5 Å². The molecule has 0 spiro atoms. The van der Waals surface area contributed by atoms with Crippen molar-refractivity contribution in [3.63, 3.8) is 0 Å². The largest absolute Gasteiger partial charge is 0.471 e. The molecule has 3 aromatic rings. The number of aromatic nitrogens is 4. The summed E-state index contributed by atoms with van der Waals surface area (Å²) in [5, 5.41) is 13.1. The van der Waals surface area contributed by atoms with E-state index in [2.05, 4.69) is 29.5 Å². The van der Waals surface area contributed by atoms with E-state index in [-0.39, 0.29) is 24.0 Å². The van der Waals surface area contributed by atoms with Crippen LogP contribution in [0.3, 0.4) is 0 Å². The van der Waals surface area contributed by atoms with E-state index >= 15 is 0 Å². The smallest absolute Gasteiger partial charge is 0.394 e. The standard InChI is InChI=1S/C21H21F3N6O2/c22-21(23,24)19-27-18(28-32-19)16-12-25-20(26-13-16)30-10-8-29(9-11-30)17(14-31)7-6-15-4-2-1-3-5-15/h1-7,12-13,17,31H,8-11,14H2. The van der Waals surface area contributed by atoms with Crippen molar-refractivity contribution in [1.82, 2.24) is 25.0 Å². The van der Waals surface area contributed by atoms with Gasteiger partial charge in [-0.05, 0) is 5.56 Å². The molecule has 0 saturated carbocycles. The molecule has 32 heavy (non-hydrogen) atoms. The monoisotopic (exact) mass is 446 g/mol. The maximum Gasteiger partial charge on any atom is 0.471 e. The molecular formula is C21H21F3N6O2. The third-order valence-electron chi connectivity index (χ3n) is 5.13. The lowest BCUT2D eigenvalue weighted by molar-refractivity contribution is -0.159. The third kappa shape index (κ3) is 5.11. The van der Waals surface area contributed by atoms with Crippen LogP contribution in [0.4, 0.5) is 19.1 Å². The van der Waals surface area contributed by atoms with E-state index in [1.165, 1.54) is 12.4 Å². The quantitative estimate of drug-likeness (QED) is 0.618. The van der Waals surface area contributed by atoms with Crippen LogP contribution in [-0.2, 0) is 6.18 Å². The molecule has 168 valence electrons. The molecule has 0 amide bonds. The van der Waals surface area contributed by atoms with Gasteiger partial charge in [0.15, 0.2) is 0 Å². The molecule has 0 radical (unpaired) electrons. The van der Waals surface area contributed by atoms with Gasteiger partial charge in [-0.2, -0.15) is 18.2 Å². The first-order valence-corrected chi connectivity index (χ1v) is 10.0. The average molecular weight is 446 g/mol. The summed E-state index contributed by atoms with van der Waals surface area (Å²) >= 11 is 0. The SMILES string of the molecule is OCC(C=Cc1ccccc1)N1CCN(c2ncc(-c3noc(C(F)(F)F)n3)cn2)CC1. The number of rotatable bonds is 6. The van der Waals surface area contributed by atoms with Crippen LogP contribution < -0.4 is 4.90 Å². The Balaban J connectivity index is 1.35. The summed E-state index contributed by atoms with van der Waals surface area (Å²) in [7, 11) is 0. The van der Waals surface area contributed by atoms with Crippen LogP contribution in [0.1, 0.15) is 11.5 Å². The van der Waals surface area contributed by atoms with E-state index in [1.807, 2.05) is 47.4 Å². The highest BCUT2D eigenvalue weighted by atomic mass is 19.4. The third-order valence-corrected chi connectivity index (χ3v) is 5.13. The Kier molecular flexibility index (Phi) is 6.47. The second-order valence-corrected chi connectivity index (χ2v) is 7.24. The van der Waals surface area contributed by atoms with E-state index < -0.39 is 12.1 Å². The molecule has 1 saturated heterocycles. The fraction of sp³-hybridized carbons (Fsp3) is 0.333. The van der Waals surface area contributed by atoms with Crippen LogP contribution in [0.5, 0.6) is 0 Å². The topological polar surface area (TPSA) is 91.4 Å². The molecule has 11 heteroatoms. The highest BCUT2D eigenvalue weighted by molar-refractivity contribution is 5.52. The molecule has 1 atom stereocenters. The van der Waals surface area contributed by atoms with Crippen LogP contribution in [0.15, 0.2) is 53.3 Å². The number of aliphatic hydroxyl groups excluding tert-OH is 1. The number of alkyl halides is 3. The molecule has 2 aromatic heterocycles. The van der Waals surface area contributed by atoms with Crippen LogP contribution in [0.2, 0.25) is 0 Å². The molecule has 1 aromatic carbocycles. The highest BCUT2D eigenvalue weighted by Crippen LogP contribution is 2.29. The number of aliphatic hydroxyl groups is 1. The fourth-order valence-corrected chi connectivity index (χ4v) is 3.39. The van der Waals surface area contributed by atoms with Gasteiger partial charge in [-0.3, -0.25) is 4.90 Å². The van der Waals surface area contributed by atoms with E-state index in [4.69, 9.17) is 0 Å². The van der Waals surface area contributed by atoms with Crippen molar-refractivity contribution in [2.45, 2.75) is 12.2 Å². The Bertz CT molecular complexity index is 1030. The van der Waals surface area contributed by atoms with Gasteiger partial charge in [0.25, 0.3) is 0 Å². The zero-order valence-corrected chi connectivity index (χ0v) is 17.0. The van der Waals surface area contributed by atoms with Crippen molar-refractivity contribution in [3.05, 3.63) is 60.3 Å². The molecule has 1 aliphatic rings. The zero-order chi connectivity index (χ0) is 22.6. The van der Waals surface area contributed by atoms with Crippen molar-refractivity contribution < 1.29 is 22.8 Å². The van der Waals surface area contributed by atoms with Crippen LogP contribution in [-0.4, -0.2) is 68.9 Å². The van der Waals surface area contributed by atoms with Crippen LogP contribution in [0.25, 0.3) is 17.5 Å². The molecule has 1 fully saturated rings.